The molecule has 1 unspecified atom stereocenters. The van der Waals surface area contributed by atoms with Crippen molar-refractivity contribution in [2.24, 2.45) is 5.41 Å². The van der Waals surface area contributed by atoms with E-state index in [2.05, 4.69) is 56.1 Å². The average Bonchev–Trinajstić information content (AvgIpc) is 2.92. The SMILES string of the molecule is CN(CCCC(=O)O)CC1(c2ccccc2)CC1(C)C. The van der Waals surface area contributed by atoms with Crippen molar-refractivity contribution in [1.29, 1.82) is 0 Å². The van der Waals surface area contributed by atoms with E-state index >= 15 is 0 Å². The number of rotatable bonds is 7. The summed E-state index contributed by atoms with van der Waals surface area (Å²) in [4.78, 5) is 12.9. The number of benzene rings is 1. The topological polar surface area (TPSA) is 40.5 Å². The Morgan fingerprint density at radius 3 is 2.40 bits per heavy atom. The van der Waals surface area contributed by atoms with Crippen LogP contribution in [0.3, 0.4) is 0 Å². The second-order valence-electron chi connectivity index (χ2n) is 6.74. The first-order chi connectivity index (χ1) is 9.37. The number of hydrogen-bond donors (Lipinski definition) is 1. The molecule has 0 spiro atoms. The summed E-state index contributed by atoms with van der Waals surface area (Å²) in [6, 6.07) is 10.7. The van der Waals surface area contributed by atoms with Crippen LogP contribution in [-0.2, 0) is 10.2 Å². The maximum absolute atomic E-state index is 10.6. The van der Waals surface area contributed by atoms with Crippen LogP contribution in [0.4, 0.5) is 0 Å². The fourth-order valence-electron chi connectivity index (χ4n) is 3.36. The smallest absolute Gasteiger partial charge is 0.303 e. The second-order valence-corrected chi connectivity index (χ2v) is 6.74. The number of carboxylic acid groups (broad SMARTS) is 1. The highest BCUT2D eigenvalue weighted by molar-refractivity contribution is 5.66. The minimum Gasteiger partial charge on any atom is -0.481 e. The molecule has 3 nitrogen and oxygen atoms in total. The molecule has 0 aliphatic heterocycles. The Morgan fingerprint density at radius 2 is 1.90 bits per heavy atom. The van der Waals surface area contributed by atoms with Crippen molar-refractivity contribution < 1.29 is 9.90 Å². The molecular weight excluding hydrogens is 250 g/mol. The average molecular weight is 275 g/mol. The molecule has 1 N–H and O–H groups in total. The van der Waals surface area contributed by atoms with Crippen LogP contribution in [0.2, 0.25) is 0 Å². The Hall–Kier alpha value is -1.35. The molecule has 3 heteroatoms. The summed E-state index contributed by atoms with van der Waals surface area (Å²) in [5, 5.41) is 8.71. The summed E-state index contributed by atoms with van der Waals surface area (Å²) in [5.41, 5.74) is 1.97. The summed E-state index contributed by atoms with van der Waals surface area (Å²) in [7, 11) is 2.10. The number of hydrogen-bond acceptors (Lipinski definition) is 2. The highest BCUT2D eigenvalue weighted by Crippen LogP contribution is 2.64. The van der Waals surface area contributed by atoms with Crippen molar-refractivity contribution in [1.82, 2.24) is 4.90 Å². The van der Waals surface area contributed by atoms with Gasteiger partial charge in [0.2, 0.25) is 0 Å². The fraction of sp³-hybridized carbons (Fsp3) is 0.588. The molecule has 0 aromatic heterocycles. The molecule has 0 saturated heterocycles. The Kier molecular flexibility index (Phi) is 4.19. The van der Waals surface area contributed by atoms with Gasteiger partial charge in [-0.25, -0.2) is 0 Å². The lowest BCUT2D eigenvalue weighted by molar-refractivity contribution is -0.137. The van der Waals surface area contributed by atoms with Crippen molar-refractivity contribution in [3.63, 3.8) is 0 Å². The first-order valence-electron chi connectivity index (χ1n) is 7.33. The maximum Gasteiger partial charge on any atom is 0.303 e. The predicted octanol–water partition coefficient (Wildman–Crippen LogP) is 3.15. The van der Waals surface area contributed by atoms with Crippen LogP contribution in [0.15, 0.2) is 30.3 Å². The summed E-state index contributed by atoms with van der Waals surface area (Å²) in [6.45, 7) is 6.50. The summed E-state index contributed by atoms with van der Waals surface area (Å²) < 4.78 is 0. The molecule has 0 heterocycles. The minimum absolute atomic E-state index is 0.228. The Balaban J connectivity index is 2.00. The molecular formula is C17H25NO2. The standard InChI is InChI=1S/C17H25NO2/c1-16(2)12-17(16,14-8-5-4-6-9-14)13-18(3)11-7-10-15(19)20/h4-6,8-9H,7,10-13H2,1-3H3,(H,19,20). The van der Waals surface area contributed by atoms with Gasteiger partial charge in [0.1, 0.15) is 0 Å². The fourth-order valence-corrected chi connectivity index (χ4v) is 3.36. The van der Waals surface area contributed by atoms with Gasteiger partial charge in [-0.1, -0.05) is 44.2 Å². The molecule has 1 fully saturated rings. The zero-order chi connectivity index (χ0) is 14.8. The van der Waals surface area contributed by atoms with Crippen molar-refractivity contribution in [3.8, 4) is 0 Å². The van der Waals surface area contributed by atoms with Gasteiger partial charge in [-0.15, -0.1) is 0 Å². The molecule has 1 aliphatic carbocycles. The lowest BCUT2D eigenvalue weighted by atomic mass is 9.87. The summed E-state index contributed by atoms with van der Waals surface area (Å²) >= 11 is 0. The van der Waals surface area contributed by atoms with E-state index in [1.807, 2.05) is 0 Å². The molecule has 1 aliphatic rings. The highest BCUT2D eigenvalue weighted by Gasteiger charge is 2.61. The van der Waals surface area contributed by atoms with E-state index < -0.39 is 5.97 Å². The van der Waals surface area contributed by atoms with Crippen LogP contribution in [0.25, 0.3) is 0 Å². The van der Waals surface area contributed by atoms with Crippen LogP contribution >= 0.6 is 0 Å². The number of carbonyl (C=O) groups is 1. The van der Waals surface area contributed by atoms with Gasteiger partial charge in [-0.05, 0) is 37.4 Å². The van der Waals surface area contributed by atoms with Crippen LogP contribution < -0.4 is 0 Å². The van der Waals surface area contributed by atoms with Gasteiger partial charge in [0.15, 0.2) is 0 Å². The molecule has 1 saturated carbocycles. The zero-order valence-electron chi connectivity index (χ0n) is 12.7. The van der Waals surface area contributed by atoms with Crippen LogP contribution in [0.1, 0.15) is 38.7 Å². The molecule has 1 atom stereocenters. The highest BCUT2D eigenvalue weighted by atomic mass is 16.4. The normalized spacial score (nSPS) is 23.8. The van der Waals surface area contributed by atoms with E-state index in [0.717, 1.165) is 19.5 Å². The first-order valence-corrected chi connectivity index (χ1v) is 7.33. The van der Waals surface area contributed by atoms with Crippen molar-refractivity contribution >= 4 is 5.97 Å². The van der Waals surface area contributed by atoms with Crippen LogP contribution in [0, 0.1) is 5.41 Å². The Bertz CT molecular complexity index is 469. The minimum atomic E-state index is -0.706. The number of nitrogens with zero attached hydrogens (tertiary/aromatic N) is 1. The predicted molar refractivity (Wildman–Crippen MR) is 80.9 cm³/mol. The molecule has 1 aromatic carbocycles. The van der Waals surface area contributed by atoms with Crippen molar-refractivity contribution in [2.45, 2.75) is 38.5 Å². The molecule has 0 bridgehead atoms. The van der Waals surface area contributed by atoms with Crippen LogP contribution in [0.5, 0.6) is 0 Å². The Morgan fingerprint density at radius 1 is 1.30 bits per heavy atom. The van der Waals surface area contributed by atoms with E-state index in [4.69, 9.17) is 5.11 Å². The molecule has 1 aromatic rings. The lowest BCUT2D eigenvalue weighted by Gasteiger charge is -2.27. The quantitative estimate of drug-likeness (QED) is 0.831. The van der Waals surface area contributed by atoms with Gasteiger partial charge in [-0.2, -0.15) is 0 Å². The summed E-state index contributed by atoms with van der Waals surface area (Å²) in [6.07, 6.45) is 2.18. The maximum atomic E-state index is 10.6. The number of aliphatic carboxylic acids is 1. The van der Waals surface area contributed by atoms with E-state index in [1.54, 1.807) is 0 Å². The molecule has 0 amide bonds. The zero-order valence-corrected chi connectivity index (χ0v) is 12.7. The third kappa shape index (κ3) is 3.04. The largest absolute Gasteiger partial charge is 0.481 e. The first kappa shape index (κ1) is 15.0. The third-order valence-electron chi connectivity index (χ3n) is 4.71. The number of carboxylic acids is 1. The summed E-state index contributed by atoms with van der Waals surface area (Å²) in [5.74, 6) is -0.706. The van der Waals surface area contributed by atoms with E-state index in [9.17, 15) is 4.79 Å². The van der Waals surface area contributed by atoms with E-state index in [0.29, 0.717) is 5.41 Å². The van der Waals surface area contributed by atoms with Crippen molar-refractivity contribution in [2.75, 3.05) is 20.1 Å². The van der Waals surface area contributed by atoms with Gasteiger partial charge >= 0.3 is 5.97 Å². The molecule has 20 heavy (non-hydrogen) atoms. The molecule has 2 rings (SSSR count). The Labute approximate surface area is 121 Å². The van der Waals surface area contributed by atoms with Gasteiger partial charge < -0.3 is 10.0 Å². The van der Waals surface area contributed by atoms with Gasteiger partial charge in [0.25, 0.3) is 0 Å². The van der Waals surface area contributed by atoms with Gasteiger partial charge in [0.05, 0.1) is 0 Å². The van der Waals surface area contributed by atoms with E-state index in [1.165, 1.54) is 12.0 Å². The van der Waals surface area contributed by atoms with Crippen LogP contribution in [-0.4, -0.2) is 36.1 Å². The molecule has 0 radical (unpaired) electrons. The van der Waals surface area contributed by atoms with Gasteiger partial charge in [0, 0.05) is 18.4 Å². The van der Waals surface area contributed by atoms with E-state index in [-0.39, 0.29) is 11.8 Å². The third-order valence-corrected chi connectivity index (χ3v) is 4.71. The molecule has 110 valence electrons. The lowest BCUT2D eigenvalue weighted by Crippen LogP contribution is -2.33. The monoisotopic (exact) mass is 275 g/mol. The van der Waals surface area contributed by atoms with Crippen molar-refractivity contribution in [3.05, 3.63) is 35.9 Å². The number of likely N-dealkylation sites (N-methyl/N-ethyl adjacent to an activating group) is 1. The second kappa shape index (κ2) is 5.57. The van der Waals surface area contributed by atoms with Gasteiger partial charge in [-0.3, -0.25) is 4.79 Å².